The summed E-state index contributed by atoms with van der Waals surface area (Å²) in [5.74, 6) is 0.909. The molecular weight excluding hydrogens is 246 g/mol. The first kappa shape index (κ1) is 14.7. The van der Waals surface area contributed by atoms with E-state index in [0.29, 0.717) is 0 Å². The monoisotopic (exact) mass is 269 g/mol. The number of benzene rings is 1. The number of likely N-dealkylation sites (N-methyl/N-ethyl adjacent to an activating group) is 1. The molecule has 0 radical (unpaired) electrons. The van der Waals surface area contributed by atoms with Gasteiger partial charge in [0.15, 0.2) is 0 Å². The highest BCUT2D eigenvalue weighted by Gasteiger charge is 2.09. The molecule has 0 unspecified atom stereocenters. The minimum Gasteiger partial charge on any atom is -0.319 e. The Morgan fingerprint density at radius 1 is 0.900 bits per heavy atom. The number of aryl methyl sites for hydroxylation is 4. The number of hydrogen-bond donors (Lipinski definition) is 1. The molecule has 20 heavy (non-hydrogen) atoms. The van der Waals surface area contributed by atoms with Gasteiger partial charge in [-0.15, -0.1) is 0 Å². The van der Waals surface area contributed by atoms with Gasteiger partial charge in [0.2, 0.25) is 0 Å². The second kappa shape index (κ2) is 6.14. The largest absolute Gasteiger partial charge is 0.319 e. The molecule has 1 heterocycles. The van der Waals surface area contributed by atoms with Gasteiger partial charge >= 0.3 is 0 Å². The van der Waals surface area contributed by atoms with Gasteiger partial charge in [0.1, 0.15) is 5.82 Å². The fraction of sp³-hybridized carbons (Fsp3) is 0.412. The van der Waals surface area contributed by atoms with Crippen LogP contribution in [0.3, 0.4) is 0 Å². The van der Waals surface area contributed by atoms with Gasteiger partial charge in [0.05, 0.1) is 5.69 Å². The number of nitrogens with zero attached hydrogens (tertiary/aromatic N) is 2. The van der Waals surface area contributed by atoms with E-state index in [-0.39, 0.29) is 0 Å². The third-order valence-electron chi connectivity index (χ3n) is 3.62. The molecule has 0 saturated carbocycles. The summed E-state index contributed by atoms with van der Waals surface area (Å²) >= 11 is 0. The van der Waals surface area contributed by atoms with E-state index in [1.165, 1.54) is 22.3 Å². The van der Waals surface area contributed by atoms with Gasteiger partial charge in [0.25, 0.3) is 0 Å². The quantitative estimate of drug-likeness (QED) is 0.926. The first-order chi connectivity index (χ1) is 9.51. The molecule has 0 spiro atoms. The maximum Gasteiger partial charge on any atom is 0.130 e. The molecule has 106 valence electrons. The van der Waals surface area contributed by atoms with Crippen molar-refractivity contribution >= 4 is 0 Å². The van der Waals surface area contributed by atoms with Crippen LogP contribution in [-0.2, 0) is 6.42 Å². The molecule has 0 bridgehead atoms. The van der Waals surface area contributed by atoms with Crippen molar-refractivity contribution in [3.63, 3.8) is 0 Å². The zero-order valence-electron chi connectivity index (χ0n) is 13.0. The lowest BCUT2D eigenvalue weighted by atomic mass is 9.98. The summed E-state index contributed by atoms with van der Waals surface area (Å²) in [5.41, 5.74) is 7.17. The fourth-order valence-corrected chi connectivity index (χ4v) is 2.35. The van der Waals surface area contributed by atoms with Crippen LogP contribution < -0.4 is 5.32 Å². The van der Waals surface area contributed by atoms with E-state index in [1.54, 1.807) is 0 Å². The van der Waals surface area contributed by atoms with E-state index in [2.05, 4.69) is 49.3 Å². The van der Waals surface area contributed by atoms with Gasteiger partial charge in [0, 0.05) is 24.2 Å². The predicted molar refractivity (Wildman–Crippen MR) is 84.0 cm³/mol. The molecule has 1 aromatic carbocycles. The number of aromatic nitrogens is 2. The van der Waals surface area contributed by atoms with Crippen LogP contribution >= 0.6 is 0 Å². The van der Waals surface area contributed by atoms with E-state index in [4.69, 9.17) is 4.98 Å². The Kier molecular flexibility index (Phi) is 4.50. The Balaban J connectivity index is 2.47. The van der Waals surface area contributed by atoms with Gasteiger partial charge in [-0.1, -0.05) is 6.07 Å². The first-order valence-corrected chi connectivity index (χ1v) is 7.08. The molecule has 0 saturated heterocycles. The van der Waals surface area contributed by atoms with Crippen LogP contribution in [0.1, 0.15) is 28.2 Å². The Bertz CT molecular complexity index is 618. The average molecular weight is 269 g/mol. The van der Waals surface area contributed by atoms with Crippen LogP contribution in [0.2, 0.25) is 0 Å². The maximum absolute atomic E-state index is 4.72. The molecule has 2 rings (SSSR count). The first-order valence-electron chi connectivity index (χ1n) is 7.08. The van der Waals surface area contributed by atoms with Gasteiger partial charge < -0.3 is 5.32 Å². The van der Waals surface area contributed by atoms with Crippen LogP contribution in [0.25, 0.3) is 11.3 Å². The number of hydrogen-bond acceptors (Lipinski definition) is 3. The van der Waals surface area contributed by atoms with Crippen LogP contribution in [0.15, 0.2) is 18.2 Å². The minimum atomic E-state index is 0.856. The molecule has 1 N–H and O–H groups in total. The topological polar surface area (TPSA) is 37.8 Å². The molecule has 3 heteroatoms. The lowest BCUT2D eigenvalue weighted by Gasteiger charge is -2.11. The van der Waals surface area contributed by atoms with Crippen LogP contribution in [0.5, 0.6) is 0 Å². The molecule has 0 amide bonds. The van der Waals surface area contributed by atoms with Crippen molar-refractivity contribution in [1.82, 2.24) is 15.3 Å². The normalized spacial score (nSPS) is 10.8. The molecular formula is C17H23N3. The molecule has 0 atom stereocenters. The lowest BCUT2D eigenvalue weighted by molar-refractivity contribution is 0.752. The molecule has 2 aromatic rings. The second-order valence-corrected chi connectivity index (χ2v) is 5.42. The smallest absolute Gasteiger partial charge is 0.130 e. The van der Waals surface area contributed by atoms with E-state index in [0.717, 1.165) is 30.2 Å². The highest BCUT2D eigenvalue weighted by Crippen LogP contribution is 2.25. The third kappa shape index (κ3) is 3.23. The van der Waals surface area contributed by atoms with Crippen molar-refractivity contribution in [2.24, 2.45) is 0 Å². The predicted octanol–water partition coefficient (Wildman–Crippen LogP) is 3.14. The van der Waals surface area contributed by atoms with Gasteiger partial charge in [-0.25, -0.2) is 9.97 Å². The molecule has 3 nitrogen and oxygen atoms in total. The van der Waals surface area contributed by atoms with Gasteiger partial charge in [-0.3, -0.25) is 0 Å². The molecule has 0 fully saturated rings. The Hall–Kier alpha value is -1.74. The maximum atomic E-state index is 4.72. The zero-order valence-corrected chi connectivity index (χ0v) is 13.0. The van der Waals surface area contributed by atoms with Crippen molar-refractivity contribution in [1.29, 1.82) is 0 Å². The van der Waals surface area contributed by atoms with E-state index in [9.17, 15) is 0 Å². The van der Waals surface area contributed by atoms with E-state index in [1.807, 2.05) is 14.0 Å². The Morgan fingerprint density at radius 2 is 1.60 bits per heavy atom. The van der Waals surface area contributed by atoms with E-state index < -0.39 is 0 Å². The van der Waals surface area contributed by atoms with Crippen molar-refractivity contribution in [3.05, 3.63) is 46.4 Å². The average Bonchev–Trinajstić information content (AvgIpc) is 2.40. The standard InChI is InChI=1S/C17H23N3/c1-11-8-13(3)15(9-12(11)2)16-10-14(4)19-17(20-16)6-7-18-5/h8-10,18H,6-7H2,1-5H3. The van der Waals surface area contributed by atoms with Crippen LogP contribution in [-0.4, -0.2) is 23.6 Å². The molecule has 1 aromatic heterocycles. The van der Waals surface area contributed by atoms with Crippen LogP contribution in [0, 0.1) is 27.7 Å². The summed E-state index contributed by atoms with van der Waals surface area (Å²) in [5, 5.41) is 3.14. The fourth-order valence-electron chi connectivity index (χ4n) is 2.35. The molecule has 0 aliphatic heterocycles. The highest BCUT2D eigenvalue weighted by atomic mass is 14.9. The lowest BCUT2D eigenvalue weighted by Crippen LogP contribution is -2.13. The third-order valence-corrected chi connectivity index (χ3v) is 3.62. The minimum absolute atomic E-state index is 0.856. The summed E-state index contributed by atoms with van der Waals surface area (Å²) in [4.78, 5) is 9.24. The summed E-state index contributed by atoms with van der Waals surface area (Å²) < 4.78 is 0. The summed E-state index contributed by atoms with van der Waals surface area (Å²) in [6.07, 6.45) is 0.856. The highest BCUT2D eigenvalue weighted by molar-refractivity contribution is 5.65. The van der Waals surface area contributed by atoms with Crippen molar-refractivity contribution in [2.45, 2.75) is 34.1 Å². The van der Waals surface area contributed by atoms with E-state index >= 15 is 0 Å². The Morgan fingerprint density at radius 3 is 2.30 bits per heavy atom. The summed E-state index contributed by atoms with van der Waals surface area (Å²) in [7, 11) is 1.95. The Labute approximate surface area is 121 Å². The summed E-state index contributed by atoms with van der Waals surface area (Å²) in [6, 6.07) is 6.53. The van der Waals surface area contributed by atoms with Crippen molar-refractivity contribution in [2.75, 3.05) is 13.6 Å². The summed E-state index contributed by atoms with van der Waals surface area (Å²) in [6.45, 7) is 9.37. The van der Waals surface area contributed by atoms with Crippen molar-refractivity contribution < 1.29 is 0 Å². The van der Waals surface area contributed by atoms with Crippen molar-refractivity contribution in [3.8, 4) is 11.3 Å². The molecule has 0 aliphatic carbocycles. The number of rotatable bonds is 4. The SMILES string of the molecule is CNCCc1nc(C)cc(-c2cc(C)c(C)cc2C)n1. The zero-order chi connectivity index (χ0) is 14.7. The van der Waals surface area contributed by atoms with Gasteiger partial charge in [-0.05, 0) is 63.6 Å². The molecule has 0 aliphatic rings. The van der Waals surface area contributed by atoms with Gasteiger partial charge in [-0.2, -0.15) is 0 Å². The number of nitrogens with one attached hydrogen (secondary N) is 1. The van der Waals surface area contributed by atoms with Crippen LogP contribution in [0.4, 0.5) is 0 Å². The second-order valence-electron chi connectivity index (χ2n) is 5.42.